The number of carboxylic acids is 1. The standard InChI is InChI=1S/C18H20N4O4S/c1-3-22-16(23)15(27-17(22)14(10-19)18(24)25)11-21-13-6-4-5-12(9-13)20-7-8-26-2/h4-6,9,11,20-21H,3,7-8H2,1-2H3,(H,24,25)/b15-11+,17-14-. The maximum atomic E-state index is 12.5. The molecule has 0 aliphatic rings. The number of ether oxygens (including phenoxy) is 1. The van der Waals surface area contributed by atoms with Gasteiger partial charge in [-0.3, -0.25) is 9.36 Å². The maximum Gasteiger partial charge on any atom is 0.349 e. The molecule has 1 heterocycles. The van der Waals surface area contributed by atoms with Crippen LogP contribution in [0.25, 0.3) is 11.8 Å². The number of carboxylic acid groups (broad SMARTS) is 1. The van der Waals surface area contributed by atoms with Crippen molar-refractivity contribution in [3.63, 3.8) is 0 Å². The van der Waals surface area contributed by atoms with Crippen molar-refractivity contribution in [3.05, 3.63) is 43.8 Å². The molecule has 0 atom stereocenters. The summed E-state index contributed by atoms with van der Waals surface area (Å²) < 4.78 is 6.74. The second kappa shape index (κ2) is 9.56. The van der Waals surface area contributed by atoms with Gasteiger partial charge in [-0.2, -0.15) is 5.26 Å². The number of rotatable bonds is 8. The molecule has 8 nitrogen and oxygen atoms in total. The molecule has 9 heteroatoms. The van der Waals surface area contributed by atoms with Crippen molar-refractivity contribution in [1.82, 2.24) is 4.57 Å². The molecule has 3 N–H and O–H groups in total. The van der Waals surface area contributed by atoms with Gasteiger partial charge in [0.2, 0.25) is 0 Å². The second-order valence-electron chi connectivity index (χ2n) is 5.40. The number of benzene rings is 1. The van der Waals surface area contributed by atoms with Crippen LogP contribution in [0.2, 0.25) is 0 Å². The summed E-state index contributed by atoms with van der Waals surface area (Å²) in [6, 6.07) is 9.15. The highest BCUT2D eigenvalue weighted by Gasteiger charge is 2.13. The number of hydrogen-bond acceptors (Lipinski definition) is 7. The first kappa shape index (κ1) is 20.2. The van der Waals surface area contributed by atoms with E-state index in [1.807, 2.05) is 24.3 Å². The monoisotopic (exact) mass is 388 g/mol. The Morgan fingerprint density at radius 3 is 2.81 bits per heavy atom. The lowest BCUT2D eigenvalue weighted by molar-refractivity contribution is -0.130. The Labute approximate surface area is 159 Å². The number of hydrogen-bond donors (Lipinski definition) is 3. The summed E-state index contributed by atoms with van der Waals surface area (Å²) in [7, 11) is 1.63. The number of nitrogens with zero attached hydrogens (tertiary/aromatic N) is 2. The molecule has 0 saturated carbocycles. The first-order valence-electron chi connectivity index (χ1n) is 8.18. The van der Waals surface area contributed by atoms with Gasteiger partial charge < -0.3 is 20.5 Å². The third kappa shape index (κ3) is 4.97. The van der Waals surface area contributed by atoms with Crippen LogP contribution >= 0.6 is 11.3 Å². The third-order valence-electron chi connectivity index (χ3n) is 3.63. The number of thiazole rings is 1. The van der Waals surface area contributed by atoms with E-state index in [1.54, 1.807) is 20.1 Å². The predicted molar refractivity (Wildman–Crippen MR) is 105 cm³/mol. The SMILES string of the molecule is CCn1c(=O)/c(=C\Nc2cccc(NCCOC)c2)s/c1=C(/C#N)C(=O)O. The smallest absolute Gasteiger partial charge is 0.349 e. The molecule has 27 heavy (non-hydrogen) atoms. The minimum Gasteiger partial charge on any atom is -0.477 e. The van der Waals surface area contributed by atoms with Crippen LogP contribution in [0.3, 0.4) is 0 Å². The van der Waals surface area contributed by atoms with Crippen molar-refractivity contribution in [2.75, 3.05) is 30.9 Å². The van der Waals surface area contributed by atoms with Gasteiger partial charge in [0.1, 0.15) is 15.3 Å². The molecule has 0 saturated heterocycles. The van der Waals surface area contributed by atoms with Crippen LogP contribution in [0.5, 0.6) is 0 Å². The highest BCUT2D eigenvalue weighted by atomic mass is 32.1. The molecular formula is C18H20N4O4S. The normalized spacial score (nSPS) is 12.4. The Morgan fingerprint density at radius 2 is 2.19 bits per heavy atom. The van der Waals surface area contributed by atoms with E-state index >= 15 is 0 Å². The van der Waals surface area contributed by atoms with Crippen LogP contribution in [0.4, 0.5) is 11.4 Å². The molecule has 2 aromatic rings. The fourth-order valence-corrected chi connectivity index (χ4v) is 3.43. The number of nitriles is 1. The van der Waals surface area contributed by atoms with Crippen LogP contribution < -0.4 is 25.4 Å². The van der Waals surface area contributed by atoms with Crippen molar-refractivity contribution in [2.45, 2.75) is 13.5 Å². The summed E-state index contributed by atoms with van der Waals surface area (Å²) in [5.74, 6) is -1.35. The van der Waals surface area contributed by atoms with Crippen molar-refractivity contribution < 1.29 is 14.6 Å². The number of aliphatic carboxylic acids is 1. The van der Waals surface area contributed by atoms with Crippen molar-refractivity contribution in [1.29, 1.82) is 5.26 Å². The molecule has 1 aromatic carbocycles. The van der Waals surface area contributed by atoms with E-state index in [0.717, 1.165) is 22.7 Å². The average Bonchev–Trinajstić information content (AvgIpc) is 2.96. The van der Waals surface area contributed by atoms with E-state index in [2.05, 4.69) is 10.6 Å². The highest BCUT2D eigenvalue weighted by Crippen LogP contribution is 2.14. The van der Waals surface area contributed by atoms with Crippen molar-refractivity contribution >= 4 is 40.5 Å². The van der Waals surface area contributed by atoms with E-state index in [4.69, 9.17) is 15.1 Å². The first-order valence-corrected chi connectivity index (χ1v) is 9.00. The topological polar surface area (TPSA) is 116 Å². The highest BCUT2D eigenvalue weighted by molar-refractivity contribution is 7.07. The summed E-state index contributed by atoms with van der Waals surface area (Å²) in [5.41, 5.74) is 0.878. The van der Waals surface area contributed by atoms with Gasteiger partial charge in [0.05, 0.1) is 6.61 Å². The molecule has 0 spiro atoms. The van der Waals surface area contributed by atoms with Crippen LogP contribution in [-0.2, 0) is 16.1 Å². The van der Waals surface area contributed by atoms with Crippen molar-refractivity contribution in [3.8, 4) is 6.07 Å². The van der Waals surface area contributed by atoms with Gasteiger partial charge in [-0.15, -0.1) is 11.3 Å². The van der Waals surface area contributed by atoms with E-state index in [-0.39, 0.29) is 16.8 Å². The molecule has 142 valence electrons. The average molecular weight is 388 g/mol. The van der Waals surface area contributed by atoms with Crippen LogP contribution in [0.15, 0.2) is 29.1 Å². The predicted octanol–water partition coefficient (Wildman–Crippen LogP) is 0.597. The molecule has 0 aliphatic heterocycles. The molecule has 1 aromatic heterocycles. The minimum atomic E-state index is -1.35. The molecule has 0 aliphatic carbocycles. The van der Waals surface area contributed by atoms with E-state index < -0.39 is 11.5 Å². The summed E-state index contributed by atoms with van der Waals surface area (Å²) in [6.45, 7) is 3.25. The van der Waals surface area contributed by atoms with Crippen molar-refractivity contribution in [2.24, 2.45) is 0 Å². The third-order valence-corrected chi connectivity index (χ3v) is 4.76. The van der Waals surface area contributed by atoms with Gasteiger partial charge in [0.15, 0.2) is 5.57 Å². The minimum absolute atomic E-state index is 0.139. The fourth-order valence-electron chi connectivity index (χ4n) is 2.34. The maximum absolute atomic E-state index is 12.5. The van der Waals surface area contributed by atoms with Gasteiger partial charge in [-0.25, -0.2) is 4.79 Å². The zero-order chi connectivity index (χ0) is 19.8. The number of methoxy groups -OCH3 is 1. The Kier molecular flexibility index (Phi) is 7.16. The lowest BCUT2D eigenvalue weighted by Crippen LogP contribution is -2.32. The molecular weight excluding hydrogens is 368 g/mol. The van der Waals surface area contributed by atoms with Crippen LogP contribution in [0.1, 0.15) is 6.92 Å². The largest absolute Gasteiger partial charge is 0.477 e. The zero-order valence-corrected chi connectivity index (χ0v) is 15.8. The van der Waals surface area contributed by atoms with Gasteiger partial charge in [-0.1, -0.05) is 6.07 Å². The van der Waals surface area contributed by atoms with E-state index in [1.165, 1.54) is 10.8 Å². The Bertz CT molecular complexity index is 1030. The lowest BCUT2D eigenvalue weighted by Gasteiger charge is -2.07. The zero-order valence-electron chi connectivity index (χ0n) is 15.0. The number of anilines is 2. The first-order chi connectivity index (χ1) is 13.0. The summed E-state index contributed by atoms with van der Waals surface area (Å²) in [6.07, 6.45) is 1.52. The quantitative estimate of drug-likeness (QED) is 0.567. The lowest BCUT2D eigenvalue weighted by atomic mass is 10.3. The summed E-state index contributed by atoms with van der Waals surface area (Å²) in [4.78, 5) is 23.7. The number of nitrogens with one attached hydrogen (secondary N) is 2. The van der Waals surface area contributed by atoms with Gasteiger partial charge in [0, 0.05) is 37.8 Å². The molecule has 2 rings (SSSR count). The molecule has 0 radical (unpaired) electrons. The van der Waals surface area contributed by atoms with E-state index in [0.29, 0.717) is 17.7 Å². The summed E-state index contributed by atoms with van der Waals surface area (Å²) in [5, 5.41) is 24.5. The Morgan fingerprint density at radius 1 is 1.44 bits per heavy atom. The molecule has 0 fully saturated rings. The van der Waals surface area contributed by atoms with Gasteiger partial charge >= 0.3 is 5.97 Å². The number of carbonyl (C=O) groups is 1. The van der Waals surface area contributed by atoms with Gasteiger partial charge in [0.25, 0.3) is 5.56 Å². The fraction of sp³-hybridized carbons (Fsp3) is 0.278. The Balaban J connectivity index is 2.38. The second-order valence-corrected chi connectivity index (χ2v) is 6.43. The number of aromatic nitrogens is 1. The molecule has 0 amide bonds. The molecule has 0 unspecified atom stereocenters. The Hall–Kier alpha value is -3.09. The summed E-state index contributed by atoms with van der Waals surface area (Å²) >= 11 is 0.972. The molecule has 0 bridgehead atoms. The van der Waals surface area contributed by atoms with Crippen LogP contribution in [-0.4, -0.2) is 35.9 Å². The van der Waals surface area contributed by atoms with E-state index in [9.17, 15) is 9.59 Å². The van der Waals surface area contributed by atoms with Crippen LogP contribution in [0, 0.1) is 11.3 Å². The van der Waals surface area contributed by atoms with Gasteiger partial charge in [-0.05, 0) is 25.1 Å².